The number of fused-ring (bicyclic) bond motifs is 1. The van der Waals surface area contributed by atoms with Crippen molar-refractivity contribution in [3.05, 3.63) is 82.1 Å². The number of nitrogens with one attached hydrogen (secondary N) is 2. The maximum atomic E-state index is 12.1. The van der Waals surface area contributed by atoms with Crippen LogP contribution in [0.5, 0.6) is 5.75 Å². The maximum absolute atomic E-state index is 12.1. The summed E-state index contributed by atoms with van der Waals surface area (Å²) in [5, 5.41) is 11.7. The lowest BCUT2D eigenvalue weighted by Gasteiger charge is -2.14. The zero-order valence-corrected chi connectivity index (χ0v) is 18.9. The molecule has 33 heavy (non-hydrogen) atoms. The first-order chi connectivity index (χ1) is 15.8. The molecule has 1 aromatic heterocycles. The molecule has 0 aliphatic heterocycles. The number of hydrogen-bond donors (Lipinski definition) is 3. The van der Waals surface area contributed by atoms with Crippen LogP contribution in [0.4, 0.5) is 0 Å². The molecular formula is C25H22ClN3O4. The number of carbonyl (C=O) groups excluding carboxylic acids is 1. The van der Waals surface area contributed by atoms with Gasteiger partial charge in [-0.05, 0) is 78.1 Å². The number of benzene rings is 3. The van der Waals surface area contributed by atoms with Gasteiger partial charge in [0.1, 0.15) is 18.9 Å². The number of carbonyl (C=O) groups is 2. The van der Waals surface area contributed by atoms with Crippen LogP contribution in [0.15, 0.2) is 54.6 Å². The van der Waals surface area contributed by atoms with E-state index in [1.165, 1.54) is 0 Å². The number of aromatic nitrogens is 2. The number of amides is 1. The lowest BCUT2D eigenvalue weighted by Crippen LogP contribution is -2.29. The third kappa shape index (κ3) is 5.15. The van der Waals surface area contributed by atoms with Crippen molar-refractivity contribution in [2.24, 2.45) is 0 Å². The van der Waals surface area contributed by atoms with Crippen molar-refractivity contribution in [2.75, 3.05) is 6.54 Å². The molecule has 0 fully saturated rings. The molecule has 7 nitrogen and oxygen atoms in total. The molecule has 168 valence electrons. The number of imidazole rings is 1. The van der Waals surface area contributed by atoms with Crippen LogP contribution in [0, 0.1) is 13.8 Å². The van der Waals surface area contributed by atoms with E-state index in [1.807, 2.05) is 56.3 Å². The van der Waals surface area contributed by atoms with Crippen LogP contribution in [-0.2, 0) is 11.4 Å². The molecule has 0 spiro atoms. The van der Waals surface area contributed by atoms with Gasteiger partial charge in [0.05, 0.1) is 11.0 Å². The Bertz CT molecular complexity index is 1340. The molecule has 3 N–H and O–H groups in total. The van der Waals surface area contributed by atoms with Crippen LogP contribution in [0.3, 0.4) is 0 Å². The number of aryl methyl sites for hydroxylation is 2. The maximum Gasteiger partial charge on any atom is 0.322 e. The molecule has 0 atom stereocenters. The molecule has 4 aromatic rings. The summed E-state index contributed by atoms with van der Waals surface area (Å²) in [4.78, 5) is 30.0. The largest absolute Gasteiger partial charge is 0.488 e. The fourth-order valence-electron chi connectivity index (χ4n) is 3.66. The van der Waals surface area contributed by atoms with Crippen molar-refractivity contribution in [3.63, 3.8) is 0 Å². The van der Waals surface area contributed by atoms with Crippen LogP contribution < -0.4 is 10.1 Å². The van der Waals surface area contributed by atoms with Crippen molar-refractivity contribution in [1.29, 1.82) is 0 Å². The zero-order chi connectivity index (χ0) is 23.5. The minimum Gasteiger partial charge on any atom is -0.488 e. The van der Waals surface area contributed by atoms with Gasteiger partial charge in [0, 0.05) is 5.02 Å². The lowest BCUT2D eigenvalue weighted by molar-refractivity contribution is -0.135. The second-order valence-electron chi connectivity index (χ2n) is 7.75. The van der Waals surface area contributed by atoms with Crippen molar-refractivity contribution in [3.8, 4) is 16.9 Å². The second-order valence-corrected chi connectivity index (χ2v) is 8.19. The quantitative estimate of drug-likeness (QED) is 0.362. The number of H-pyrrole nitrogens is 1. The molecule has 4 rings (SSSR count). The molecule has 0 saturated carbocycles. The van der Waals surface area contributed by atoms with Gasteiger partial charge in [0.25, 0.3) is 5.91 Å². The van der Waals surface area contributed by atoms with E-state index in [9.17, 15) is 9.59 Å². The van der Waals surface area contributed by atoms with E-state index in [1.54, 1.807) is 0 Å². The number of aliphatic carboxylic acids is 1. The molecule has 0 saturated heterocycles. The molecule has 3 aromatic carbocycles. The Labute approximate surface area is 195 Å². The van der Waals surface area contributed by atoms with Crippen LogP contribution in [0.25, 0.3) is 22.2 Å². The van der Waals surface area contributed by atoms with Crippen molar-refractivity contribution >= 4 is 34.5 Å². The molecule has 0 radical (unpaired) electrons. The van der Waals surface area contributed by atoms with Crippen LogP contribution in [0.1, 0.15) is 27.3 Å². The molecule has 0 aliphatic rings. The summed E-state index contributed by atoms with van der Waals surface area (Å²) in [5.41, 5.74) is 6.25. The average Bonchev–Trinajstić information content (AvgIpc) is 3.20. The molecule has 8 heteroatoms. The summed E-state index contributed by atoms with van der Waals surface area (Å²) in [7, 11) is 0. The Balaban J connectivity index is 1.56. The number of carboxylic acid groups (broad SMARTS) is 1. The van der Waals surface area contributed by atoms with E-state index in [-0.39, 0.29) is 5.82 Å². The number of ether oxygens (including phenoxy) is 1. The average molecular weight is 464 g/mol. The van der Waals surface area contributed by atoms with E-state index < -0.39 is 18.4 Å². The van der Waals surface area contributed by atoms with Crippen molar-refractivity contribution in [1.82, 2.24) is 15.3 Å². The van der Waals surface area contributed by atoms with Gasteiger partial charge in [-0.15, -0.1) is 0 Å². The van der Waals surface area contributed by atoms with Crippen molar-refractivity contribution in [2.45, 2.75) is 20.5 Å². The first-order valence-corrected chi connectivity index (χ1v) is 10.7. The Morgan fingerprint density at radius 3 is 2.52 bits per heavy atom. The monoisotopic (exact) mass is 463 g/mol. The minimum absolute atomic E-state index is 0.0699. The predicted octanol–water partition coefficient (Wildman–Crippen LogP) is 4.89. The van der Waals surface area contributed by atoms with Gasteiger partial charge < -0.3 is 20.1 Å². The standard InChI is InChI=1S/C25H22ClN3O4/c1-14-8-18(9-15(2)23(14)33-13-16-4-3-5-19(26)10-16)17-6-7-20-21(11-17)29-24(28-20)25(32)27-12-22(30)31/h3-11H,12-13H2,1-2H3,(H,27,32)(H,28,29)(H,30,31). The van der Waals surface area contributed by atoms with Gasteiger partial charge in [0.15, 0.2) is 5.82 Å². The Morgan fingerprint density at radius 1 is 1.06 bits per heavy atom. The summed E-state index contributed by atoms with van der Waals surface area (Å²) in [5.74, 6) is -0.784. The van der Waals surface area contributed by atoms with Gasteiger partial charge in [-0.1, -0.05) is 29.8 Å². The summed E-state index contributed by atoms with van der Waals surface area (Å²) >= 11 is 6.06. The van der Waals surface area contributed by atoms with Crippen LogP contribution >= 0.6 is 11.6 Å². The number of carboxylic acids is 1. The summed E-state index contributed by atoms with van der Waals surface area (Å²) < 4.78 is 6.08. The number of halogens is 1. The summed E-state index contributed by atoms with van der Waals surface area (Å²) in [6.45, 7) is 3.96. The number of rotatable bonds is 7. The van der Waals surface area contributed by atoms with E-state index in [0.717, 1.165) is 33.6 Å². The highest BCUT2D eigenvalue weighted by atomic mass is 35.5. The van der Waals surface area contributed by atoms with E-state index in [0.29, 0.717) is 22.7 Å². The Hall–Kier alpha value is -3.84. The smallest absolute Gasteiger partial charge is 0.322 e. The number of aromatic amines is 1. The Morgan fingerprint density at radius 2 is 1.82 bits per heavy atom. The normalized spacial score (nSPS) is 10.9. The fraction of sp³-hybridized carbons (Fsp3) is 0.160. The topological polar surface area (TPSA) is 104 Å². The van der Waals surface area contributed by atoms with Crippen LogP contribution in [0.2, 0.25) is 5.02 Å². The van der Waals surface area contributed by atoms with Gasteiger partial charge in [0.2, 0.25) is 0 Å². The van der Waals surface area contributed by atoms with Gasteiger partial charge in [-0.25, -0.2) is 4.98 Å². The molecule has 0 aliphatic carbocycles. The highest BCUT2D eigenvalue weighted by molar-refractivity contribution is 6.30. The van der Waals surface area contributed by atoms with E-state index >= 15 is 0 Å². The minimum atomic E-state index is -1.12. The Kier molecular flexibility index (Phi) is 6.33. The molecule has 1 heterocycles. The second kappa shape index (κ2) is 9.34. The highest BCUT2D eigenvalue weighted by Gasteiger charge is 2.14. The molecule has 0 unspecified atom stereocenters. The zero-order valence-electron chi connectivity index (χ0n) is 18.1. The molecule has 0 bridgehead atoms. The van der Waals surface area contributed by atoms with Crippen LogP contribution in [-0.4, -0.2) is 33.5 Å². The lowest BCUT2D eigenvalue weighted by atomic mass is 9.99. The number of hydrogen-bond acceptors (Lipinski definition) is 4. The highest BCUT2D eigenvalue weighted by Crippen LogP contribution is 2.32. The van der Waals surface area contributed by atoms with E-state index in [4.69, 9.17) is 21.4 Å². The number of nitrogens with zero attached hydrogens (tertiary/aromatic N) is 1. The van der Waals surface area contributed by atoms with Gasteiger partial charge in [-0.2, -0.15) is 0 Å². The summed E-state index contributed by atoms with van der Waals surface area (Å²) in [6, 6.07) is 17.4. The fourth-order valence-corrected chi connectivity index (χ4v) is 3.87. The SMILES string of the molecule is Cc1cc(-c2ccc3[nH]c(C(=O)NCC(=O)O)nc3c2)cc(C)c1OCc1cccc(Cl)c1. The van der Waals surface area contributed by atoms with Gasteiger partial charge in [-0.3, -0.25) is 9.59 Å². The first-order valence-electron chi connectivity index (χ1n) is 10.3. The first kappa shape index (κ1) is 22.4. The van der Waals surface area contributed by atoms with Crippen molar-refractivity contribution < 1.29 is 19.4 Å². The molecule has 1 amide bonds. The van der Waals surface area contributed by atoms with E-state index in [2.05, 4.69) is 27.4 Å². The molecular weight excluding hydrogens is 442 g/mol. The predicted molar refractivity (Wildman–Crippen MR) is 127 cm³/mol. The third-order valence-corrected chi connectivity index (χ3v) is 5.40. The summed E-state index contributed by atoms with van der Waals surface area (Å²) in [6.07, 6.45) is 0. The van der Waals surface area contributed by atoms with Gasteiger partial charge >= 0.3 is 5.97 Å². The third-order valence-electron chi connectivity index (χ3n) is 5.16.